The molecule has 0 aliphatic rings. The molecule has 0 spiro atoms. The summed E-state index contributed by atoms with van der Waals surface area (Å²) in [4.78, 5) is 26.6. The van der Waals surface area contributed by atoms with E-state index in [1.54, 1.807) is 22.7 Å². The Morgan fingerprint density at radius 3 is 1.93 bits per heavy atom. The molecule has 4 aromatic rings. The lowest BCUT2D eigenvalue weighted by atomic mass is 10.2. The fraction of sp³-hybridized carbons (Fsp3) is 0.261. The molecule has 0 aliphatic carbocycles. The summed E-state index contributed by atoms with van der Waals surface area (Å²) in [6.07, 6.45) is 0. The molecule has 154 valence electrons. The smallest absolute Gasteiger partial charge is 0.320 e. The van der Waals surface area contributed by atoms with E-state index in [4.69, 9.17) is 9.97 Å². The van der Waals surface area contributed by atoms with E-state index in [-0.39, 0.29) is 18.1 Å². The van der Waals surface area contributed by atoms with E-state index in [1.165, 1.54) is 0 Å². The van der Waals surface area contributed by atoms with E-state index < -0.39 is 0 Å². The minimum Gasteiger partial charge on any atom is -0.320 e. The Labute approximate surface area is 184 Å². The number of fused-ring (bicyclic) bond motifs is 1. The van der Waals surface area contributed by atoms with Crippen molar-refractivity contribution in [2.75, 3.05) is 5.32 Å². The monoisotopic (exact) mass is 436 g/mol. The van der Waals surface area contributed by atoms with Crippen molar-refractivity contribution in [1.29, 1.82) is 0 Å². The maximum Gasteiger partial charge on any atom is 0.322 e. The summed E-state index contributed by atoms with van der Waals surface area (Å²) < 4.78 is 0. The molecule has 1 aromatic carbocycles. The topological polar surface area (TPSA) is 58.1 Å². The van der Waals surface area contributed by atoms with Crippen LogP contribution in [0.4, 0.5) is 10.5 Å². The van der Waals surface area contributed by atoms with E-state index in [0.29, 0.717) is 5.69 Å². The summed E-state index contributed by atoms with van der Waals surface area (Å²) >= 11 is 3.30. The number of thiophene rings is 2. The van der Waals surface area contributed by atoms with E-state index in [2.05, 4.69) is 17.4 Å². The minimum atomic E-state index is -0.110. The number of nitrogens with zero attached hydrogens (tertiary/aromatic N) is 3. The number of rotatable bonds is 5. The zero-order chi connectivity index (χ0) is 21.3. The maximum atomic E-state index is 12.8. The van der Waals surface area contributed by atoms with Crippen LogP contribution >= 0.6 is 22.7 Å². The molecule has 0 radical (unpaired) electrons. The first-order valence-electron chi connectivity index (χ1n) is 9.93. The van der Waals surface area contributed by atoms with E-state index in [1.807, 2.05) is 73.7 Å². The van der Waals surface area contributed by atoms with Crippen molar-refractivity contribution in [3.63, 3.8) is 0 Å². The van der Waals surface area contributed by atoms with Crippen molar-refractivity contribution in [3.8, 4) is 21.1 Å². The summed E-state index contributed by atoms with van der Waals surface area (Å²) in [5.74, 6) is 0. The molecule has 0 saturated heterocycles. The Morgan fingerprint density at radius 1 is 0.867 bits per heavy atom. The van der Waals surface area contributed by atoms with Gasteiger partial charge in [-0.1, -0.05) is 12.1 Å². The lowest BCUT2D eigenvalue weighted by molar-refractivity contribution is 0.178. The molecule has 0 bridgehead atoms. The lowest BCUT2D eigenvalue weighted by Crippen LogP contribution is -2.44. The summed E-state index contributed by atoms with van der Waals surface area (Å²) in [6.45, 7) is 8.07. The van der Waals surface area contributed by atoms with Crippen LogP contribution in [0.5, 0.6) is 0 Å². The average Bonchev–Trinajstić information content (AvgIpc) is 3.40. The van der Waals surface area contributed by atoms with Crippen molar-refractivity contribution < 1.29 is 4.79 Å². The van der Waals surface area contributed by atoms with Gasteiger partial charge in [0.1, 0.15) is 11.4 Å². The van der Waals surface area contributed by atoms with Gasteiger partial charge in [0.2, 0.25) is 0 Å². The molecular formula is C23H24N4OS2. The zero-order valence-electron chi connectivity index (χ0n) is 17.4. The average molecular weight is 437 g/mol. The summed E-state index contributed by atoms with van der Waals surface area (Å²) in [5, 5.41) is 7.11. The molecule has 30 heavy (non-hydrogen) atoms. The van der Waals surface area contributed by atoms with Crippen molar-refractivity contribution in [2.45, 2.75) is 39.8 Å². The third kappa shape index (κ3) is 4.08. The van der Waals surface area contributed by atoms with Crippen LogP contribution in [0, 0.1) is 0 Å². The largest absolute Gasteiger partial charge is 0.322 e. The number of hydrogen-bond acceptors (Lipinski definition) is 5. The van der Waals surface area contributed by atoms with Crippen LogP contribution in [0.1, 0.15) is 27.7 Å². The SMILES string of the molecule is CC(C)N(C(=O)Nc1ccc2nc(-c3cccs3)c(-c3cccs3)nc2c1)C(C)C. The number of carbonyl (C=O) groups excluding carboxylic acids is 1. The Kier molecular flexibility index (Phi) is 5.83. The number of amides is 2. The van der Waals surface area contributed by atoms with Gasteiger partial charge in [-0.3, -0.25) is 0 Å². The van der Waals surface area contributed by atoms with Crippen molar-refractivity contribution >= 4 is 45.4 Å². The van der Waals surface area contributed by atoms with Crippen LogP contribution in [-0.4, -0.2) is 33.0 Å². The first kappa shape index (κ1) is 20.5. The fourth-order valence-electron chi connectivity index (χ4n) is 3.56. The van der Waals surface area contributed by atoms with Crippen LogP contribution in [0.15, 0.2) is 53.2 Å². The molecule has 0 unspecified atom stereocenters. The molecule has 0 atom stereocenters. The second-order valence-corrected chi connectivity index (χ2v) is 9.50. The van der Waals surface area contributed by atoms with Gasteiger partial charge < -0.3 is 10.2 Å². The number of benzene rings is 1. The Balaban J connectivity index is 1.74. The summed E-state index contributed by atoms with van der Waals surface area (Å²) in [7, 11) is 0. The first-order chi connectivity index (χ1) is 14.4. The van der Waals surface area contributed by atoms with E-state index in [0.717, 1.165) is 32.2 Å². The van der Waals surface area contributed by atoms with Crippen LogP contribution in [-0.2, 0) is 0 Å². The van der Waals surface area contributed by atoms with Crippen LogP contribution in [0.3, 0.4) is 0 Å². The van der Waals surface area contributed by atoms with E-state index >= 15 is 0 Å². The molecule has 0 fully saturated rings. The highest BCUT2D eigenvalue weighted by molar-refractivity contribution is 7.14. The number of nitrogens with one attached hydrogen (secondary N) is 1. The van der Waals surface area contributed by atoms with Crippen LogP contribution < -0.4 is 5.32 Å². The highest BCUT2D eigenvalue weighted by Gasteiger charge is 2.20. The predicted octanol–water partition coefficient (Wildman–Crippen LogP) is 6.74. The van der Waals surface area contributed by atoms with Gasteiger partial charge in [0.15, 0.2) is 0 Å². The summed E-state index contributed by atoms with van der Waals surface area (Å²) in [6, 6.07) is 14.0. The van der Waals surface area contributed by atoms with Crippen LogP contribution in [0.2, 0.25) is 0 Å². The molecule has 3 aromatic heterocycles. The molecule has 0 aliphatic heterocycles. The Bertz CT molecular complexity index is 1140. The molecule has 2 amide bonds. The standard InChI is InChI=1S/C23H24N4OS2/c1-14(2)27(15(3)4)23(28)24-16-9-10-17-18(13-16)26-22(20-8-6-12-30-20)21(25-17)19-7-5-11-29-19/h5-15H,1-4H3,(H,24,28). The van der Waals surface area contributed by atoms with Gasteiger partial charge in [0, 0.05) is 17.8 Å². The van der Waals surface area contributed by atoms with Gasteiger partial charge in [-0.2, -0.15) is 0 Å². The van der Waals surface area contributed by atoms with E-state index in [9.17, 15) is 4.79 Å². The number of anilines is 1. The van der Waals surface area contributed by atoms with Gasteiger partial charge >= 0.3 is 6.03 Å². The van der Waals surface area contributed by atoms with Crippen molar-refractivity contribution in [2.24, 2.45) is 0 Å². The van der Waals surface area contributed by atoms with Gasteiger partial charge in [0.05, 0.1) is 20.8 Å². The normalized spacial score (nSPS) is 11.4. The van der Waals surface area contributed by atoms with Gasteiger partial charge in [-0.05, 0) is 68.8 Å². The molecule has 0 saturated carbocycles. The highest BCUT2D eigenvalue weighted by Crippen LogP contribution is 2.35. The molecule has 7 heteroatoms. The second-order valence-electron chi connectivity index (χ2n) is 7.60. The quantitative estimate of drug-likeness (QED) is 0.377. The lowest BCUT2D eigenvalue weighted by Gasteiger charge is -2.30. The molecule has 3 heterocycles. The summed E-state index contributed by atoms with van der Waals surface area (Å²) in [5.41, 5.74) is 4.05. The molecule has 5 nitrogen and oxygen atoms in total. The predicted molar refractivity (Wildman–Crippen MR) is 127 cm³/mol. The van der Waals surface area contributed by atoms with Gasteiger partial charge in [-0.15, -0.1) is 22.7 Å². The third-order valence-electron chi connectivity index (χ3n) is 4.77. The highest BCUT2D eigenvalue weighted by atomic mass is 32.1. The number of carbonyl (C=O) groups is 1. The number of hydrogen-bond donors (Lipinski definition) is 1. The van der Waals surface area contributed by atoms with Crippen molar-refractivity contribution in [3.05, 3.63) is 53.2 Å². The zero-order valence-corrected chi connectivity index (χ0v) is 19.1. The maximum absolute atomic E-state index is 12.8. The first-order valence-corrected chi connectivity index (χ1v) is 11.7. The van der Waals surface area contributed by atoms with Crippen LogP contribution in [0.25, 0.3) is 32.2 Å². The molecular weight excluding hydrogens is 412 g/mol. The number of aromatic nitrogens is 2. The van der Waals surface area contributed by atoms with Gasteiger partial charge in [-0.25, -0.2) is 14.8 Å². The van der Waals surface area contributed by atoms with Crippen molar-refractivity contribution in [1.82, 2.24) is 14.9 Å². The second kappa shape index (κ2) is 8.53. The van der Waals surface area contributed by atoms with Gasteiger partial charge in [0.25, 0.3) is 0 Å². The number of urea groups is 1. The Morgan fingerprint density at radius 2 is 1.43 bits per heavy atom. The fourth-order valence-corrected chi connectivity index (χ4v) is 4.99. The Hall–Kier alpha value is -2.77. The minimum absolute atomic E-state index is 0.110. The molecule has 1 N–H and O–H groups in total. The third-order valence-corrected chi connectivity index (χ3v) is 6.52. The molecule has 4 rings (SSSR count).